The van der Waals surface area contributed by atoms with Crippen molar-refractivity contribution >= 4 is 0 Å². The van der Waals surface area contributed by atoms with Crippen LogP contribution in [-0.4, -0.2) is 6.54 Å². The molecule has 1 nitrogen and oxygen atoms in total. The Balaban J connectivity index is 1.89. The third-order valence-corrected chi connectivity index (χ3v) is 3.31. The minimum absolute atomic E-state index is 0.786. The molecule has 9 heavy (non-hydrogen) atoms. The highest BCUT2D eigenvalue weighted by Gasteiger charge is 2.63. The predicted molar refractivity (Wildman–Crippen MR) is 38.0 cm³/mol. The second kappa shape index (κ2) is 1.51. The molecule has 3 atom stereocenters. The van der Waals surface area contributed by atoms with Gasteiger partial charge in [0.15, 0.2) is 0 Å². The fourth-order valence-electron chi connectivity index (χ4n) is 2.72. The monoisotopic (exact) mass is 125 g/mol. The molecule has 2 fully saturated rings. The summed E-state index contributed by atoms with van der Waals surface area (Å²) in [4.78, 5) is 0. The molecule has 0 aromatic rings. The topological polar surface area (TPSA) is 26.0 Å². The zero-order chi connectivity index (χ0) is 6.48. The van der Waals surface area contributed by atoms with E-state index < -0.39 is 0 Å². The summed E-state index contributed by atoms with van der Waals surface area (Å²) in [6.45, 7) is 3.27. The first kappa shape index (κ1) is 5.72. The summed E-state index contributed by atoms with van der Waals surface area (Å²) >= 11 is 0. The first-order valence-electron chi connectivity index (χ1n) is 3.98. The van der Waals surface area contributed by atoms with E-state index in [0.717, 1.165) is 23.8 Å². The molecule has 2 N–H and O–H groups in total. The maximum Gasteiger partial charge on any atom is -0.00719 e. The van der Waals surface area contributed by atoms with Gasteiger partial charge >= 0.3 is 0 Å². The van der Waals surface area contributed by atoms with Gasteiger partial charge in [0.05, 0.1) is 0 Å². The third kappa shape index (κ3) is 0.586. The summed E-state index contributed by atoms with van der Waals surface area (Å²) in [7, 11) is 0. The maximum atomic E-state index is 5.50. The smallest absolute Gasteiger partial charge is 0.00719 e. The summed E-state index contributed by atoms with van der Waals surface area (Å²) in [5.41, 5.74) is 6.28. The molecule has 0 aromatic heterocycles. The zero-order valence-corrected chi connectivity index (χ0v) is 6.06. The van der Waals surface area contributed by atoms with Gasteiger partial charge in [-0.05, 0) is 43.1 Å². The van der Waals surface area contributed by atoms with Crippen molar-refractivity contribution in [2.45, 2.75) is 26.2 Å². The van der Waals surface area contributed by atoms with Gasteiger partial charge in [0.1, 0.15) is 0 Å². The van der Waals surface area contributed by atoms with Gasteiger partial charge in [0.2, 0.25) is 0 Å². The van der Waals surface area contributed by atoms with E-state index in [-0.39, 0.29) is 0 Å². The minimum Gasteiger partial charge on any atom is -0.330 e. The van der Waals surface area contributed by atoms with Crippen molar-refractivity contribution in [3.63, 3.8) is 0 Å². The van der Waals surface area contributed by atoms with E-state index in [9.17, 15) is 0 Å². The second-order valence-corrected chi connectivity index (χ2v) is 3.89. The van der Waals surface area contributed by atoms with Crippen molar-refractivity contribution in [3.05, 3.63) is 0 Å². The maximum absolute atomic E-state index is 5.50. The summed E-state index contributed by atoms with van der Waals surface area (Å²) < 4.78 is 0. The lowest BCUT2D eigenvalue weighted by atomic mass is 9.74. The quantitative estimate of drug-likeness (QED) is 0.593. The molecule has 0 radical (unpaired) electrons. The highest BCUT2D eigenvalue weighted by molar-refractivity contribution is 5.13. The third-order valence-electron chi connectivity index (χ3n) is 3.31. The average molecular weight is 125 g/mol. The van der Waals surface area contributed by atoms with Crippen LogP contribution in [0.5, 0.6) is 0 Å². The van der Waals surface area contributed by atoms with Crippen molar-refractivity contribution in [2.75, 3.05) is 6.54 Å². The van der Waals surface area contributed by atoms with E-state index in [1.807, 2.05) is 0 Å². The van der Waals surface area contributed by atoms with E-state index in [0.29, 0.717) is 0 Å². The molecule has 2 saturated carbocycles. The number of fused-ring (bicyclic) bond motifs is 1. The molecule has 52 valence electrons. The van der Waals surface area contributed by atoms with E-state index in [4.69, 9.17) is 5.73 Å². The van der Waals surface area contributed by atoms with E-state index in [1.54, 1.807) is 0 Å². The Bertz CT molecular complexity index is 129. The molecular formula is C8H15N. The molecule has 2 aliphatic rings. The SMILES string of the molecule is CC1CC2(CCN)CC12. The Morgan fingerprint density at radius 3 is 2.67 bits per heavy atom. The molecule has 1 heteroatoms. The Labute approximate surface area is 56.6 Å². The van der Waals surface area contributed by atoms with E-state index in [2.05, 4.69) is 6.92 Å². The van der Waals surface area contributed by atoms with Gasteiger partial charge < -0.3 is 5.73 Å². The van der Waals surface area contributed by atoms with Crippen LogP contribution in [0.25, 0.3) is 0 Å². The molecule has 0 saturated heterocycles. The van der Waals surface area contributed by atoms with Crippen LogP contribution < -0.4 is 5.73 Å². The summed E-state index contributed by atoms with van der Waals surface area (Å²) in [6, 6.07) is 0. The van der Waals surface area contributed by atoms with Gasteiger partial charge in [-0.1, -0.05) is 6.92 Å². The first-order chi connectivity index (χ1) is 4.28. The van der Waals surface area contributed by atoms with Crippen molar-refractivity contribution in [3.8, 4) is 0 Å². The molecular weight excluding hydrogens is 110 g/mol. The summed E-state index contributed by atoms with van der Waals surface area (Å²) in [5, 5.41) is 0. The largest absolute Gasteiger partial charge is 0.330 e. The van der Waals surface area contributed by atoms with Crippen LogP contribution in [-0.2, 0) is 0 Å². The van der Waals surface area contributed by atoms with Crippen molar-refractivity contribution in [1.29, 1.82) is 0 Å². The molecule has 0 amide bonds. The summed E-state index contributed by atoms with van der Waals surface area (Å²) in [6.07, 6.45) is 4.25. The number of hydrogen-bond acceptors (Lipinski definition) is 1. The van der Waals surface area contributed by atoms with Gasteiger partial charge in [-0.2, -0.15) is 0 Å². The van der Waals surface area contributed by atoms with Crippen LogP contribution in [0.15, 0.2) is 0 Å². The van der Waals surface area contributed by atoms with Gasteiger partial charge in [-0.15, -0.1) is 0 Å². The van der Waals surface area contributed by atoms with E-state index in [1.165, 1.54) is 19.3 Å². The molecule has 2 aliphatic carbocycles. The molecule has 3 unspecified atom stereocenters. The molecule has 0 aliphatic heterocycles. The molecule has 0 spiro atoms. The van der Waals surface area contributed by atoms with Gasteiger partial charge in [-0.3, -0.25) is 0 Å². The Kier molecular flexibility index (Phi) is 0.963. The van der Waals surface area contributed by atoms with Crippen molar-refractivity contribution in [1.82, 2.24) is 0 Å². The number of rotatable bonds is 2. The predicted octanol–water partition coefficient (Wildman–Crippen LogP) is 1.38. The standard InChI is InChI=1S/C8H15N/c1-6-4-8(2-3-9)5-7(6)8/h6-7H,2-5,9H2,1H3. The van der Waals surface area contributed by atoms with Crippen molar-refractivity contribution < 1.29 is 0 Å². The van der Waals surface area contributed by atoms with Gasteiger partial charge in [0, 0.05) is 0 Å². The highest BCUT2D eigenvalue weighted by Crippen LogP contribution is 2.72. The second-order valence-electron chi connectivity index (χ2n) is 3.89. The molecule has 2 rings (SSSR count). The molecule has 0 heterocycles. The normalized spacial score (nSPS) is 54.0. The van der Waals surface area contributed by atoms with Gasteiger partial charge in [0.25, 0.3) is 0 Å². The lowest BCUT2D eigenvalue weighted by Crippen LogP contribution is -2.25. The van der Waals surface area contributed by atoms with Crippen LogP contribution >= 0.6 is 0 Å². The van der Waals surface area contributed by atoms with Crippen LogP contribution in [0.3, 0.4) is 0 Å². The lowest BCUT2D eigenvalue weighted by Gasteiger charge is -2.31. The van der Waals surface area contributed by atoms with Crippen LogP contribution in [0.1, 0.15) is 26.2 Å². The van der Waals surface area contributed by atoms with Crippen molar-refractivity contribution in [2.24, 2.45) is 23.0 Å². The van der Waals surface area contributed by atoms with Crippen LogP contribution in [0.2, 0.25) is 0 Å². The molecule has 0 bridgehead atoms. The van der Waals surface area contributed by atoms with Crippen LogP contribution in [0, 0.1) is 17.3 Å². The van der Waals surface area contributed by atoms with Gasteiger partial charge in [-0.25, -0.2) is 0 Å². The fourth-order valence-corrected chi connectivity index (χ4v) is 2.72. The van der Waals surface area contributed by atoms with Crippen LogP contribution in [0.4, 0.5) is 0 Å². The Morgan fingerprint density at radius 1 is 1.56 bits per heavy atom. The first-order valence-corrected chi connectivity index (χ1v) is 3.98. The minimum atomic E-state index is 0.786. The Morgan fingerprint density at radius 2 is 2.33 bits per heavy atom. The lowest BCUT2D eigenvalue weighted by molar-refractivity contribution is 0.186. The zero-order valence-electron chi connectivity index (χ0n) is 6.06. The average Bonchev–Trinajstić information content (AvgIpc) is 2.38. The number of nitrogens with two attached hydrogens (primary N) is 1. The highest BCUT2D eigenvalue weighted by atomic mass is 14.7. The molecule has 0 aromatic carbocycles. The Hall–Kier alpha value is -0.0400. The number of hydrogen-bond donors (Lipinski definition) is 1. The van der Waals surface area contributed by atoms with E-state index >= 15 is 0 Å². The fraction of sp³-hybridized carbons (Fsp3) is 1.00. The summed E-state index contributed by atoms with van der Waals surface area (Å²) in [5.74, 6) is 2.11.